The molecule has 0 unspecified atom stereocenters. The summed E-state index contributed by atoms with van der Waals surface area (Å²) in [4.78, 5) is 15.2. The van der Waals surface area contributed by atoms with Crippen LogP contribution in [0.2, 0.25) is 5.15 Å². The van der Waals surface area contributed by atoms with Crippen LogP contribution in [-0.2, 0) is 0 Å². The fraction of sp³-hybridized carbons (Fsp3) is 0.167. The van der Waals surface area contributed by atoms with Crippen molar-refractivity contribution in [2.24, 2.45) is 0 Å². The summed E-state index contributed by atoms with van der Waals surface area (Å²) >= 11 is 5.85. The Balaban J connectivity index is 2.87. The lowest BCUT2D eigenvalue weighted by Gasteiger charge is -2.09. The van der Waals surface area contributed by atoms with Gasteiger partial charge in [-0.1, -0.05) is 11.6 Å². The summed E-state index contributed by atoms with van der Waals surface area (Å²) in [5.41, 5.74) is 1.00. The highest BCUT2D eigenvalue weighted by Gasteiger charge is 2.11. The zero-order valence-corrected chi connectivity index (χ0v) is 10.1. The van der Waals surface area contributed by atoms with Crippen LogP contribution in [0.4, 0.5) is 0 Å². The predicted molar refractivity (Wildman–Crippen MR) is 65.2 cm³/mol. The van der Waals surface area contributed by atoms with Gasteiger partial charge in [0.05, 0.1) is 14.2 Å². The minimum atomic E-state index is 0.253. The second kappa shape index (κ2) is 4.59. The van der Waals surface area contributed by atoms with E-state index in [-0.39, 0.29) is 5.15 Å². The summed E-state index contributed by atoms with van der Waals surface area (Å²) in [6.45, 7) is 0. The van der Waals surface area contributed by atoms with Crippen LogP contribution in [-0.4, -0.2) is 25.5 Å². The lowest BCUT2D eigenvalue weighted by Crippen LogP contribution is -1.94. The van der Waals surface area contributed by atoms with Crippen molar-refractivity contribution in [1.82, 2.24) is 4.98 Å². The van der Waals surface area contributed by atoms with Crippen molar-refractivity contribution in [3.05, 3.63) is 28.9 Å². The smallest absolute Gasteiger partial charge is 0.150 e. The number of carbonyl (C=O) groups is 1. The van der Waals surface area contributed by atoms with E-state index in [1.807, 2.05) is 0 Å². The molecule has 0 atom stereocenters. The molecular formula is C12H10ClNO3. The van der Waals surface area contributed by atoms with Crippen LogP contribution >= 0.6 is 11.6 Å². The lowest BCUT2D eigenvalue weighted by molar-refractivity contribution is 0.112. The summed E-state index contributed by atoms with van der Waals surface area (Å²) in [7, 11) is 3.07. The summed E-state index contributed by atoms with van der Waals surface area (Å²) < 4.78 is 10.3. The molecule has 0 spiro atoms. The fourth-order valence-corrected chi connectivity index (χ4v) is 1.84. The largest absolute Gasteiger partial charge is 0.497 e. The second-order valence-electron chi connectivity index (χ2n) is 3.38. The van der Waals surface area contributed by atoms with E-state index in [1.54, 1.807) is 19.2 Å². The first-order valence-electron chi connectivity index (χ1n) is 4.87. The number of aldehydes is 1. The second-order valence-corrected chi connectivity index (χ2v) is 3.77. The molecule has 1 heterocycles. The van der Waals surface area contributed by atoms with Crippen LogP contribution < -0.4 is 9.47 Å². The Bertz CT molecular complexity index is 583. The molecule has 0 bridgehead atoms. The highest BCUT2D eigenvalue weighted by atomic mass is 35.5. The summed E-state index contributed by atoms with van der Waals surface area (Å²) in [5, 5.41) is 0.906. The molecule has 0 aliphatic heterocycles. The number of aromatic nitrogens is 1. The quantitative estimate of drug-likeness (QED) is 0.622. The van der Waals surface area contributed by atoms with Gasteiger partial charge in [-0.2, -0.15) is 0 Å². The highest BCUT2D eigenvalue weighted by molar-refractivity contribution is 6.30. The summed E-state index contributed by atoms with van der Waals surface area (Å²) in [6, 6.07) is 4.93. The number of rotatable bonds is 3. The van der Waals surface area contributed by atoms with Gasteiger partial charge in [-0.25, -0.2) is 4.98 Å². The van der Waals surface area contributed by atoms with Gasteiger partial charge in [0.1, 0.15) is 22.2 Å². The van der Waals surface area contributed by atoms with E-state index in [2.05, 4.69) is 4.98 Å². The van der Waals surface area contributed by atoms with Crippen molar-refractivity contribution < 1.29 is 14.3 Å². The molecule has 4 nitrogen and oxygen atoms in total. The molecule has 2 rings (SSSR count). The van der Waals surface area contributed by atoms with Crippen LogP contribution in [0.5, 0.6) is 11.5 Å². The van der Waals surface area contributed by atoms with Crippen molar-refractivity contribution in [1.29, 1.82) is 0 Å². The molecule has 88 valence electrons. The number of ether oxygens (including phenoxy) is 2. The number of carbonyl (C=O) groups excluding carboxylic acids is 1. The van der Waals surface area contributed by atoms with Crippen LogP contribution in [0, 0.1) is 0 Å². The van der Waals surface area contributed by atoms with E-state index < -0.39 is 0 Å². The topological polar surface area (TPSA) is 48.4 Å². The van der Waals surface area contributed by atoms with Gasteiger partial charge in [-0.3, -0.25) is 4.79 Å². The van der Waals surface area contributed by atoms with Crippen LogP contribution in [0.15, 0.2) is 18.2 Å². The van der Waals surface area contributed by atoms with Crippen molar-refractivity contribution in [3.63, 3.8) is 0 Å². The van der Waals surface area contributed by atoms with E-state index in [9.17, 15) is 4.79 Å². The average Bonchev–Trinajstić information content (AvgIpc) is 2.36. The SMILES string of the molecule is COc1cc(OC)c2nc(Cl)cc(C=O)c2c1. The van der Waals surface area contributed by atoms with E-state index in [1.165, 1.54) is 13.2 Å². The molecule has 1 aromatic carbocycles. The van der Waals surface area contributed by atoms with Gasteiger partial charge < -0.3 is 9.47 Å². The number of hydrogen-bond donors (Lipinski definition) is 0. The van der Waals surface area contributed by atoms with Crippen LogP contribution in [0.3, 0.4) is 0 Å². The number of methoxy groups -OCH3 is 2. The summed E-state index contributed by atoms with van der Waals surface area (Å²) in [6.07, 6.45) is 0.731. The Kier molecular flexibility index (Phi) is 3.15. The molecule has 0 fully saturated rings. The molecule has 0 aliphatic rings. The van der Waals surface area contributed by atoms with E-state index in [0.29, 0.717) is 28.0 Å². The lowest BCUT2D eigenvalue weighted by atomic mass is 10.1. The standard InChI is InChI=1S/C12H10ClNO3/c1-16-8-4-9-7(6-15)3-11(13)14-12(9)10(5-8)17-2/h3-6H,1-2H3. The molecular weight excluding hydrogens is 242 g/mol. The normalized spacial score (nSPS) is 10.3. The van der Waals surface area contributed by atoms with E-state index >= 15 is 0 Å². The van der Waals surface area contributed by atoms with Gasteiger partial charge in [-0.05, 0) is 12.1 Å². The first-order valence-corrected chi connectivity index (χ1v) is 5.25. The number of halogens is 1. The maximum absolute atomic E-state index is 11.0. The van der Waals surface area contributed by atoms with Crippen LogP contribution in [0.1, 0.15) is 10.4 Å². The average molecular weight is 252 g/mol. The molecule has 0 saturated heterocycles. The first kappa shape index (κ1) is 11.7. The zero-order valence-electron chi connectivity index (χ0n) is 9.36. The van der Waals surface area contributed by atoms with Gasteiger partial charge >= 0.3 is 0 Å². The predicted octanol–water partition coefficient (Wildman–Crippen LogP) is 2.72. The third-order valence-corrected chi connectivity index (χ3v) is 2.63. The molecule has 2 aromatic rings. The number of pyridine rings is 1. The molecule has 17 heavy (non-hydrogen) atoms. The van der Waals surface area contributed by atoms with E-state index in [0.717, 1.165) is 6.29 Å². The number of nitrogens with zero attached hydrogens (tertiary/aromatic N) is 1. The van der Waals surface area contributed by atoms with Gasteiger partial charge in [0.25, 0.3) is 0 Å². The molecule has 0 aliphatic carbocycles. The first-order chi connectivity index (χ1) is 8.19. The van der Waals surface area contributed by atoms with Crippen molar-refractivity contribution in [2.45, 2.75) is 0 Å². The Labute approximate surface area is 103 Å². The Morgan fingerprint density at radius 1 is 1.24 bits per heavy atom. The minimum absolute atomic E-state index is 0.253. The molecule has 5 heteroatoms. The molecule has 0 N–H and O–H groups in total. The minimum Gasteiger partial charge on any atom is -0.497 e. The Morgan fingerprint density at radius 3 is 2.59 bits per heavy atom. The van der Waals surface area contributed by atoms with Gasteiger partial charge in [0.2, 0.25) is 0 Å². The number of hydrogen-bond acceptors (Lipinski definition) is 4. The third kappa shape index (κ3) is 2.03. The number of fused-ring (bicyclic) bond motifs is 1. The maximum Gasteiger partial charge on any atom is 0.150 e. The maximum atomic E-state index is 11.0. The zero-order chi connectivity index (χ0) is 12.4. The number of benzene rings is 1. The Morgan fingerprint density at radius 2 is 2.00 bits per heavy atom. The monoisotopic (exact) mass is 251 g/mol. The van der Waals surface area contributed by atoms with Gasteiger partial charge in [0, 0.05) is 17.0 Å². The molecule has 1 aromatic heterocycles. The highest BCUT2D eigenvalue weighted by Crippen LogP contribution is 2.32. The summed E-state index contributed by atoms with van der Waals surface area (Å²) in [5.74, 6) is 1.12. The Hall–Kier alpha value is -1.81. The van der Waals surface area contributed by atoms with Gasteiger partial charge in [-0.15, -0.1) is 0 Å². The molecule has 0 amide bonds. The molecule has 0 saturated carbocycles. The fourth-order valence-electron chi connectivity index (χ4n) is 1.63. The van der Waals surface area contributed by atoms with Crippen molar-refractivity contribution in [2.75, 3.05) is 14.2 Å². The van der Waals surface area contributed by atoms with Crippen molar-refractivity contribution in [3.8, 4) is 11.5 Å². The van der Waals surface area contributed by atoms with Gasteiger partial charge in [0.15, 0.2) is 6.29 Å². The van der Waals surface area contributed by atoms with Crippen molar-refractivity contribution >= 4 is 28.8 Å². The third-order valence-electron chi connectivity index (χ3n) is 2.44. The molecule has 0 radical (unpaired) electrons. The van der Waals surface area contributed by atoms with Crippen LogP contribution in [0.25, 0.3) is 10.9 Å². The van der Waals surface area contributed by atoms with E-state index in [4.69, 9.17) is 21.1 Å².